The number of anilines is 1. The van der Waals surface area contributed by atoms with Crippen molar-refractivity contribution in [2.24, 2.45) is 0 Å². The molecule has 1 aromatic carbocycles. The van der Waals surface area contributed by atoms with Gasteiger partial charge in [0, 0.05) is 0 Å². The topological polar surface area (TPSA) is 55.5 Å². The summed E-state index contributed by atoms with van der Waals surface area (Å²) in [4.78, 5) is 9.84. The molecule has 0 aliphatic carbocycles. The molecule has 0 bridgehead atoms. The zero-order chi connectivity index (χ0) is 10.1. The van der Waals surface area contributed by atoms with Gasteiger partial charge in [-0.2, -0.15) is 0 Å². The minimum atomic E-state index is -2.24. The predicted octanol–water partition coefficient (Wildman–Crippen LogP) is 0.819. The van der Waals surface area contributed by atoms with Gasteiger partial charge in [0.05, 0.1) is 0 Å². The summed E-state index contributed by atoms with van der Waals surface area (Å²) in [7, 11) is -0.669. The average molecular weight is 201 g/mol. The zero-order valence-electron chi connectivity index (χ0n) is 8.16. The van der Waals surface area contributed by atoms with Crippen LogP contribution in [0.2, 0.25) is 0 Å². The van der Waals surface area contributed by atoms with Crippen LogP contribution in [0.3, 0.4) is 0 Å². The Labute approximate surface area is 78.9 Å². The van der Waals surface area contributed by atoms with E-state index in [9.17, 15) is 4.89 Å². The van der Waals surface area contributed by atoms with Crippen molar-refractivity contribution in [3.8, 4) is 5.75 Å². The molecule has 0 fully saturated rings. The molecular formula is C9H16NO2P. The average Bonchev–Trinajstić information content (AvgIpc) is 2.03. The van der Waals surface area contributed by atoms with Crippen molar-refractivity contribution in [1.82, 2.24) is 0 Å². The van der Waals surface area contributed by atoms with Crippen LogP contribution in [0.5, 0.6) is 5.75 Å². The van der Waals surface area contributed by atoms with E-state index in [1.807, 2.05) is 25.5 Å². The summed E-state index contributed by atoms with van der Waals surface area (Å²) in [5.74, 6) is 0.632. The third-order valence-corrected chi connectivity index (χ3v) is 3.66. The van der Waals surface area contributed by atoms with Crippen LogP contribution < -0.4 is 15.8 Å². The number of ether oxygens (including phenoxy) is 1. The van der Waals surface area contributed by atoms with Crippen LogP contribution in [0.25, 0.3) is 0 Å². The van der Waals surface area contributed by atoms with Crippen molar-refractivity contribution < 1.29 is 9.63 Å². The van der Waals surface area contributed by atoms with Crippen LogP contribution in [0.1, 0.15) is 0 Å². The second-order valence-electron chi connectivity index (χ2n) is 3.52. The van der Waals surface area contributed by atoms with Crippen molar-refractivity contribution in [2.75, 3.05) is 26.2 Å². The van der Waals surface area contributed by atoms with Crippen molar-refractivity contribution in [1.29, 1.82) is 0 Å². The Kier molecular flexibility index (Phi) is 2.79. The van der Waals surface area contributed by atoms with Crippen LogP contribution in [0.15, 0.2) is 18.2 Å². The molecule has 0 amide bonds. The molecule has 0 aliphatic rings. The Morgan fingerprint density at radius 3 is 2.46 bits per heavy atom. The van der Waals surface area contributed by atoms with E-state index in [1.54, 1.807) is 13.2 Å². The molecule has 0 aromatic heterocycles. The predicted molar refractivity (Wildman–Crippen MR) is 59.4 cm³/mol. The van der Waals surface area contributed by atoms with Gasteiger partial charge in [-0.05, 0) is 0 Å². The molecule has 0 saturated carbocycles. The molecule has 0 atom stereocenters. The van der Waals surface area contributed by atoms with E-state index in [1.165, 1.54) is 0 Å². The first-order chi connectivity index (χ1) is 5.95. The number of nitrogens with two attached hydrogens (primary N) is 1. The van der Waals surface area contributed by atoms with Gasteiger partial charge < -0.3 is 0 Å². The molecule has 13 heavy (non-hydrogen) atoms. The molecule has 1 rings (SSSR count). The van der Waals surface area contributed by atoms with Crippen LogP contribution in [0.4, 0.5) is 5.69 Å². The van der Waals surface area contributed by atoms with E-state index >= 15 is 0 Å². The van der Waals surface area contributed by atoms with Crippen molar-refractivity contribution in [3.63, 3.8) is 0 Å². The second-order valence-corrected chi connectivity index (χ2v) is 7.21. The van der Waals surface area contributed by atoms with E-state index in [4.69, 9.17) is 10.5 Å². The first-order valence-corrected chi connectivity index (χ1v) is 7.06. The van der Waals surface area contributed by atoms with Gasteiger partial charge >= 0.3 is 78.2 Å². The van der Waals surface area contributed by atoms with Gasteiger partial charge in [-0.1, -0.05) is 0 Å². The molecule has 0 radical (unpaired) electrons. The third kappa shape index (κ3) is 2.33. The number of hydrogen-bond acceptors (Lipinski definition) is 3. The van der Waals surface area contributed by atoms with Crippen LogP contribution in [0, 0.1) is 0 Å². The fraction of sp³-hybridized carbons (Fsp3) is 0.333. The Bertz CT molecular complexity index is 307. The summed E-state index contributed by atoms with van der Waals surface area (Å²) < 4.78 is 5.07. The minimum absolute atomic E-state index is 0.601. The van der Waals surface area contributed by atoms with Gasteiger partial charge in [-0.3, -0.25) is 0 Å². The van der Waals surface area contributed by atoms with E-state index in [2.05, 4.69) is 0 Å². The molecule has 0 aliphatic heterocycles. The molecule has 1 aromatic rings. The molecule has 0 unspecified atom stereocenters. The van der Waals surface area contributed by atoms with Gasteiger partial charge in [-0.15, -0.1) is 0 Å². The SMILES string of the molecule is COc1cc([PH](C)(C)O)ccc1N. The molecular weight excluding hydrogens is 185 g/mol. The van der Waals surface area contributed by atoms with Crippen molar-refractivity contribution in [3.05, 3.63) is 18.2 Å². The summed E-state index contributed by atoms with van der Waals surface area (Å²) in [5, 5.41) is 0.929. The molecule has 3 nitrogen and oxygen atoms in total. The van der Waals surface area contributed by atoms with Crippen molar-refractivity contribution in [2.45, 2.75) is 0 Å². The van der Waals surface area contributed by atoms with Crippen molar-refractivity contribution >= 4 is 18.5 Å². The van der Waals surface area contributed by atoms with Crippen LogP contribution in [-0.4, -0.2) is 25.3 Å². The summed E-state index contributed by atoms with van der Waals surface area (Å²) in [5.41, 5.74) is 6.25. The number of methoxy groups -OCH3 is 1. The summed E-state index contributed by atoms with van der Waals surface area (Å²) in [6.07, 6.45) is 0. The third-order valence-electron chi connectivity index (χ3n) is 1.94. The van der Waals surface area contributed by atoms with Gasteiger partial charge in [-0.25, -0.2) is 0 Å². The molecule has 0 spiro atoms. The van der Waals surface area contributed by atoms with Gasteiger partial charge in [0.1, 0.15) is 0 Å². The van der Waals surface area contributed by atoms with E-state index in [-0.39, 0.29) is 0 Å². The van der Waals surface area contributed by atoms with Crippen LogP contribution >= 0.6 is 7.49 Å². The molecule has 4 heteroatoms. The normalized spacial score (nSPS) is 12.6. The molecule has 74 valence electrons. The number of benzene rings is 1. The van der Waals surface area contributed by atoms with Gasteiger partial charge in [0.25, 0.3) is 0 Å². The first kappa shape index (κ1) is 10.3. The van der Waals surface area contributed by atoms with E-state index in [0.29, 0.717) is 11.4 Å². The summed E-state index contributed by atoms with van der Waals surface area (Å²) >= 11 is 0. The fourth-order valence-electron chi connectivity index (χ4n) is 1.09. The Morgan fingerprint density at radius 2 is 2.00 bits per heavy atom. The van der Waals surface area contributed by atoms with Gasteiger partial charge in [0.2, 0.25) is 0 Å². The maximum atomic E-state index is 9.84. The standard InChI is InChI=1S/C9H16NO2P/c1-12-9-6-7(13(2,3)11)4-5-8(9)10/h4-6,11,13H,10H2,1-3H3. The van der Waals surface area contributed by atoms with E-state index < -0.39 is 7.49 Å². The Morgan fingerprint density at radius 1 is 1.38 bits per heavy atom. The summed E-state index contributed by atoms with van der Waals surface area (Å²) in [6, 6.07) is 5.42. The Balaban J connectivity index is 3.14. The van der Waals surface area contributed by atoms with Gasteiger partial charge in [0.15, 0.2) is 0 Å². The zero-order valence-corrected chi connectivity index (χ0v) is 9.16. The molecule has 0 saturated heterocycles. The maximum absolute atomic E-state index is 9.84. The molecule has 0 heterocycles. The summed E-state index contributed by atoms with van der Waals surface area (Å²) in [6.45, 7) is 3.72. The quantitative estimate of drug-likeness (QED) is 0.550. The number of rotatable bonds is 2. The first-order valence-electron chi connectivity index (χ1n) is 4.11. The van der Waals surface area contributed by atoms with Crippen LogP contribution in [-0.2, 0) is 0 Å². The monoisotopic (exact) mass is 201 g/mol. The van der Waals surface area contributed by atoms with E-state index in [0.717, 1.165) is 5.30 Å². The number of nitrogen functional groups attached to an aromatic ring is 1. The Hall–Kier alpha value is -0.790. The second kappa shape index (κ2) is 3.52. The number of hydrogen-bond donors (Lipinski definition) is 2. The fourth-order valence-corrected chi connectivity index (χ4v) is 2.07. The molecule has 3 N–H and O–H groups in total.